The molecular weight excluding hydrogens is 236 g/mol. The highest BCUT2D eigenvalue weighted by molar-refractivity contribution is 5.82. The van der Waals surface area contributed by atoms with Crippen LogP contribution < -0.4 is 5.73 Å². The van der Waals surface area contributed by atoms with Crippen LogP contribution in [0.2, 0.25) is 0 Å². The van der Waals surface area contributed by atoms with Crippen molar-refractivity contribution < 1.29 is 4.79 Å². The van der Waals surface area contributed by atoms with Crippen LogP contribution in [0, 0.1) is 5.41 Å². The fraction of sp³-hybridized carbons (Fsp3) is 0.562. The molecule has 1 aromatic rings. The quantitative estimate of drug-likeness (QED) is 0.887. The average molecular weight is 260 g/mol. The van der Waals surface area contributed by atoms with Crippen LogP contribution >= 0.6 is 0 Å². The number of hydrogen-bond donors (Lipinski definition) is 1. The van der Waals surface area contributed by atoms with E-state index in [-0.39, 0.29) is 11.3 Å². The molecule has 1 saturated heterocycles. The van der Waals surface area contributed by atoms with Gasteiger partial charge in [0.05, 0.1) is 6.04 Å². The van der Waals surface area contributed by atoms with Gasteiger partial charge in [-0.15, -0.1) is 0 Å². The van der Waals surface area contributed by atoms with Gasteiger partial charge in [-0.25, -0.2) is 0 Å². The molecule has 1 aliphatic rings. The van der Waals surface area contributed by atoms with Crippen LogP contribution in [0.1, 0.15) is 38.7 Å². The van der Waals surface area contributed by atoms with Crippen LogP contribution in [-0.4, -0.2) is 29.9 Å². The lowest BCUT2D eigenvalue weighted by Gasteiger charge is -2.30. The molecule has 0 aromatic heterocycles. The summed E-state index contributed by atoms with van der Waals surface area (Å²) in [5.41, 5.74) is 7.21. The molecule has 1 aliphatic heterocycles. The van der Waals surface area contributed by atoms with Gasteiger partial charge in [0, 0.05) is 19.0 Å². The van der Waals surface area contributed by atoms with Crippen LogP contribution in [0.25, 0.3) is 0 Å². The summed E-state index contributed by atoms with van der Waals surface area (Å²) in [6.07, 6.45) is 1.03. The zero-order valence-electron chi connectivity index (χ0n) is 12.1. The van der Waals surface area contributed by atoms with E-state index in [2.05, 4.69) is 24.3 Å². The van der Waals surface area contributed by atoms with Crippen molar-refractivity contribution in [2.24, 2.45) is 11.1 Å². The van der Waals surface area contributed by atoms with Crippen LogP contribution in [0.4, 0.5) is 0 Å². The summed E-state index contributed by atoms with van der Waals surface area (Å²) >= 11 is 0. The van der Waals surface area contributed by atoms with Crippen LogP contribution in [0.3, 0.4) is 0 Å². The number of likely N-dealkylation sites (tertiary alicyclic amines) is 1. The SMILES string of the molecule is CC(C)(C)[C@@H](N)C(=O)N1CCC(c2ccccc2)C1. The van der Waals surface area contributed by atoms with Crippen molar-refractivity contribution in [3.63, 3.8) is 0 Å². The molecule has 3 nitrogen and oxygen atoms in total. The Bertz CT molecular complexity index is 436. The van der Waals surface area contributed by atoms with Gasteiger partial charge in [-0.3, -0.25) is 4.79 Å². The van der Waals surface area contributed by atoms with Crippen molar-refractivity contribution in [1.29, 1.82) is 0 Å². The molecule has 19 heavy (non-hydrogen) atoms. The second-order valence-corrected chi connectivity index (χ2v) is 6.52. The second kappa shape index (κ2) is 5.33. The summed E-state index contributed by atoms with van der Waals surface area (Å²) in [4.78, 5) is 14.3. The summed E-state index contributed by atoms with van der Waals surface area (Å²) < 4.78 is 0. The van der Waals surface area contributed by atoms with E-state index in [1.165, 1.54) is 5.56 Å². The molecule has 2 N–H and O–H groups in total. The first-order chi connectivity index (χ1) is 8.89. The molecule has 2 rings (SSSR count). The third-order valence-corrected chi connectivity index (χ3v) is 3.97. The highest BCUT2D eigenvalue weighted by Gasteiger charge is 2.34. The highest BCUT2D eigenvalue weighted by Crippen LogP contribution is 2.29. The Balaban J connectivity index is 2.01. The molecule has 0 spiro atoms. The van der Waals surface area contributed by atoms with Crippen molar-refractivity contribution in [3.8, 4) is 0 Å². The predicted molar refractivity (Wildman–Crippen MR) is 77.8 cm³/mol. The van der Waals surface area contributed by atoms with Gasteiger partial charge >= 0.3 is 0 Å². The van der Waals surface area contributed by atoms with Gasteiger partial charge in [-0.2, -0.15) is 0 Å². The first kappa shape index (κ1) is 14.1. The molecule has 0 aliphatic carbocycles. The number of carbonyl (C=O) groups excluding carboxylic acids is 1. The van der Waals surface area contributed by atoms with Gasteiger partial charge in [0.15, 0.2) is 0 Å². The molecule has 1 unspecified atom stereocenters. The number of hydrogen-bond acceptors (Lipinski definition) is 2. The van der Waals surface area contributed by atoms with Gasteiger partial charge in [-0.05, 0) is 17.4 Å². The molecular formula is C16H24N2O. The first-order valence-corrected chi connectivity index (χ1v) is 6.99. The molecule has 2 atom stereocenters. The zero-order chi connectivity index (χ0) is 14.0. The maximum Gasteiger partial charge on any atom is 0.240 e. The monoisotopic (exact) mass is 260 g/mol. The van der Waals surface area contributed by atoms with Gasteiger partial charge in [-0.1, -0.05) is 51.1 Å². The topological polar surface area (TPSA) is 46.3 Å². The fourth-order valence-electron chi connectivity index (χ4n) is 2.52. The Labute approximate surface area is 115 Å². The average Bonchev–Trinajstić information content (AvgIpc) is 2.86. The van der Waals surface area contributed by atoms with E-state index in [9.17, 15) is 4.79 Å². The van der Waals surface area contributed by atoms with Crippen LogP contribution in [0.15, 0.2) is 30.3 Å². The highest BCUT2D eigenvalue weighted by atomic mass is 16.2. The largest absolute Gasteiger partial charge is 0.341 e. The molecule has 0 saturated carbocycles. The van der Waals surface area contributed by atoms with Crippen molar-refractivity contribution in [3.05, 3.63) is 35.9 Å². The van der Waals surface area contributed by atoms with E-state index in [1.54, 1.807) is 0 Å². The molecule has 104 valence electrons. The lowest BCUT2D eigenvalue weighted by Crippen LogP contribution is -2.49. The first-order valence-electron chi connectivity index (χ1n) is 6.99. The standard InChI is InChI=1S/C16H24N2O/c1-16(2,3)14(17)15(19)18-10-9-13(11-18)12-7-5-4-6-8-12/h4-8,13-14H,9-11,17H2,1-3H3/t13?,14-/m0/s1. The number of nitrogens with zero attached hydrogens (tertiary/aromatic N) is 1. The van der Waals surface area contributed by atoms with Crippen LogP contribution in [-0.2, 0) is 4.79 Å². The lowest BCUT2D eigenvalue weighted by molar-refractivity contribution is -0.133. The van der Waals surface area contributed by atoms with Crippen molar-refractivity contribution >= 4 is 5.91 Å². The Morgan fingerprint density at radius 3 is 2.53 bits per heavy atom. The Hall–Kier alpha value is -1.35. The molecule has 0 bridgehead atoms. The predicted octanol–water partition coefficient (Wildman–Crippen LogP) is 2.38. The fourth-order valence-corrected chi connectivity index (χ4v) is 2.52. The number of amides is 1. The van der Waals surface area contributed by atoms with Gasteiger partial charge in [0.1, 0.15) is 0 Å². The van der Waals surface area contributed by atoms with E-state index >= 15 is 0 Å². The van der Waals surface area contributed by atoms with Gasteiger partial charge in [0.25, 0.3) is 0 Å². The van der Waals surface area contributed by atoms with E-state index in [0.717, 1.165) is 19.5 Å². The van der Waals surface area contributed by atoms with E-state index in [0.29, 0.717) is 5.92 Å². The van der Waals surface area contributed by atoms with E-state index < -0.39 is 6.04 Å². The summed E-state index contributed by atoms with van der Waals surface area (Å²) in [6, 6.07) is 10.0. The maximum absolute atomic E-state index is 12.4. The van der Waals surface area contributed by atoms with Crippen LogP contribution in [0.5, 0.6) is 0 Å². The molecule has 1 fully saturated rings. The summed E-state index contributed by atoms with van der Waals surface area (Å²) in [5, 5.41) is 0. The van der Waals surface area contributed by atoms with Gasteiger partial charge in [0.2, 0.25) is 5.91 Å². The number of rotatable bonds is 2. The maximum atomic E-state index is 12.4. The third kappa shape index (κ3) is 3.16. The smallest absolute Gasteiger partial charge is 0.240 e. The summed E-state index contributed by atoms with van der Waals surface area (Å²) in [5.74, 6) is 0.545. The molecule has 1 heterocycles. The molecule has 1 aromatic carbocycles. The second-order valence-electron chi connectivity index (χ2n) is 6.52. The van der Waals surface area contributed by atoms with Gasteiger partial charge < -0.3 is 10.6 Å². The minimum Gasteiger partial charge on any atom is -0.341 e. The normalized spacial score (nSPS) is 21.5. The summed E-state index contributed by atoms with van der Waals surface area (Å²) in [7, 11) is 0. The van der Waals surface area contributed by atoms with E-state index in [1.807, 2.05) is 31.7 Å². The Morgan fingerprint density at radius 1 is 1.32 bits per heavy atom. The summed E-state index contributed by atoms with van der Waals surface area (Å²) in [6.45, 7) is 7.66. The zero-order valence-corrected chi connectivity index (χ0v) is 12.1. The minimum absolute atomic E-state index is 0.0888. The Kier molecular flexibility index (Phi) is 3.95. The van der Waals surface area contributed by atoms with Crippen molar-refractivity contribution in [2.75, 3.05) is 13.1 Å². The lowest BCUT2D eigenvalue weighted by atomic mass is 9.86. The molecule has 0 radical (unpaired) electrons. The minimum atomic E-state index is -0.415. The van der Waals surface area contributed by atoms with Crippen molar-refractivity contribution in [1.82, 2.24) is 4.90 Å². The molecule has 3 heteroatoms. The Morgan fingerprint density at radius 2 is 1.95 bits per heavy atom. The number of benzene rings is 1. The third-order valence-electron chi connectivity index (χ3n) is 3.97. The van der Waals surface area contributed by atoms with E-state index in [4.69, 9.17) is 5.73 Å². The molecule has 1 amide bonds. The van der Waals surface area contributed by atoms with Crippen molar-refractivity contribution in [2.45, 2.75) is 39.2 Å². The number of nitrogens with two attached hydrogens (primary N) is 1. The number of carbonyl (C=O) groups is 1.